The van der Waals surface area contributed by atoms with Crippen LogP contribution < -0.4 is 15.5 Å². The van der Waals surface area contributed by atoms with Gasteiger partial charge in [0.25, 0.3) is 0 Å². The second kappa shape index (κ2) is 7.88. The molecule has 1 saturated heterocycles. The van der Waals surface area contributed by atoms with Gasteiger partial charge in [-0.1, -0.05) is 37.3 Å². The third-order valence-corrected chi connectivity index (χ3v) is 5.04. The molecule has 1 atom stereocenters. The molecule has 0 unspecified atom stereocenters. The number of urea groups is 1. The van der Waals surface area contributed by atoms with E-state index in [1.54, 1.807) is 17.0 Å². The number of amides is 3. The van der Waals surface area contributed by atoms with Crippen molar-refractivity contribution in [2.75, 3.05) is 11.4 Å². The van der Waals surface area contributed by atoms with Crippen LogP contribution in [0.1, 0.15) is 44.9 Å². The van der Waals surface area contributed by atoms with Crippen molar-refractivity contribution in [1.29, 1.82) is 0 Å². The fraction of sp³-hybridized carbons (Fsp3) is 0.556. The fourth-order valence-electron chi connectivity index (χ4n) is 3.51. The minimum Gasteiger partial charge on any atom is -0.335 e. The minimum atomic E-state index is -0.155. The van der Waals surface area contributed by atoms with E-state index >= 15 is 0 Å². The zero-order valence-corrected chi connectivity index (χ0v) is 14.5. The SMILES string of the molecule is O=C(NC1CCCCCC1)N[C@H]1CC(=O)N(c2ccc(Cl)cc2)C1. The van der Waals surface area contributed by atoms with E-state index in [0.717, 1.165) is 18.5 Å². The molecule has 2 fully saturated rings. The van der Waals surface area contributed by atoms with Gasteiger partial charge in [-0.2, -0.15) is 0 Å². The molecular formula is C18H24ClN3O2. The van der Waals surface area contributed by atoms with Gasteiger partial charge in [-0.05, 0) is 37.1 Å². The Morgan fingerprint density at radius 1 is 1.00 bits per heavy atom. The van der Waals surface area contributed by atoms with Crippen molar-refractivity contribution in [3.63, 3.8) is 0 Å². The number of nitrogens with one attached hydrogen (secondary N) is 2. The van der Waals surface area contributed by atoms with Crippen molar-refractivity contribution < 1.29 is 9.59 Å². The van der Waals surface area contributed by atoms with Crippen LogP contribution in [0.5, 0.6) is 0 Å². The molecule has 1 heterocycles. The lowest BCUT2D eigenvalue weighted by atomic mass is 10.1. The van der Waals surface area contributed by atoms with Gasteiger partial charge in [0.15, 0.2) is 0 Å². The fourth-order valence-corrected chi connectivity index (χ4v) is 3.64. The van der Waals surface area contributed by atoms with Crippen LogP contribution in [-0.4, -0.2) is 30.6 Å². The highest BCUT2D eigenvalue weighted by Crippen LogP contribution is 2.23. The number of carbonyl (C=O) groups excluding carboxylic acids is 2. The molecule has 6 heteroatoms. The molecule has 24 heavy (non-hydrogen) atoms. The maximum absolute atomic E-state index is 12.2. The Balaban J connectivity index is 1.52. The quantitative estimate of drug-likeness (QED) is 0.821. The zero-order valence-electron chi connectivity index (χ0n) is 13.8. The monoisotopic (exact) mass is 349 g/mol. The van der Waals surface area contributed by atoms with Gasteiger partial charge in [-0.3, -0.25) is 4.79 Å². The molecule has 0 bridgehead atoms. The number of rotatable bonds is 3. The van der Waals surface area contributed by atoms with Crippen molar-refractivity contribution in [1.82, 2.24) is 10.6 Å². The van der Waals surface area contributed by atoms with E-state index in [-0.39, 0.29) is 24.0 Å². The average molecular weight is 350 g/mol. The van der Waals surface area contributed by atoms with Crippen molar-refractivity contribution in [3.05, 3.63) is 29.3 Å². The third kappa shape index (κ3) is 4.41. The summed E-state index contributed by atoms with van der Waals surface area (Å²) in [7, 11) is 0. The van der Waals surface area contributed by atoms with Gasteiger partial charge in [0.1, 0.15) is 0 Å². The van der Waals surface area contributed by atoms with Crippen molar-refractivity contribution in [2.24, 2.45) is 0 Å². The van der Waals surface area contributed by atoms with Crippen molar-refractivity contribution in [3.8, 4) is 0 Å². The summed E-state index contributed by atoms with van der Waals surface area (Å²) < 4.78 is 0. The predicted molar refractivity (Wildman–Crippen MR) is 95.4 cm³/mol. The highest BCUT2D eigenvalue weighted by Gasteiger charge is 2.31. The molecule has 1 aliphatic heterocycles. The topological polar surface area (TPSA) is 61.4 Å². The Bertz CT molecular complexity index is 582. The molecule has 3 amide bonds. The zero-order chi connectivity index (χ0) is 16.9. The lowest BCUT2D eigenvalue weighted by Crippen LogP contribution is -2.47. The molecule has 1 saturated carbocycles. The van der Waals surface area contributed by atoms with Gasteiger partial charge in [0.2, 0.25) is 5.91 Å². The van der Waals surface area contributed by atoms with Gasteiger partial charge >= 0.3 is 6.03 Å². The summed E-state index contributed by atoms with van der Waals surface area (Å²) in [5.41, 5.74) is 0.817. The highest BCUT2D eigenvalue weighted by atomic mass is 35.5. The minimum absolute atomic E-state index is 0.0251. The van der Waals surface area contributed by atoms with Crippen molar-refractivity contribution in [2.45, 2.75) is 57.0 Å². The van der Waals surface area contributed by atoms with Gasteiger partial charge in [-0.15, -0.1) is 0 Å². The van der Waals surface area contributed by atoms with E-state index in [9.17, 15) is 9.59 Å². The van der Waals surface area contributed by atoms with Crippen LogP contribution >= 0.6 is 11.6 Å². The van der Waals surface area contributed by atoms with Crippen LogP contribution in [0.15, 0.2) is 24.3 Å². The molecular weight excluding hydrogens is 326 g/mol. The Kier molecular flexibility index (Phi) is 5.61. The van der Waals surface area contributed by atoms with E-state index in [4.69, 9.17) is 11.6 Å². The Morgan fingerprint density at radius 3 is 2.29 bits per heavy atom. The normalized spacial score (nSPS) is 22.3. The lowest BCUT2D eigenvalue weighted by Gasteiger charge is -2.20. The van der Waals surface area contributed by atoms with Gasteiger partial charge in [0.05, 0.1) is 6.04 Å². The van der Waals surface area contributed by atoms with Crippen LogP contribution in [0.4, 0.5) is 10.5 Å². The Hall–Kier alpha value is -1.75. The first-order valence-electron chi connectivity index (χ1n) is 8.75. The number of nitrogens with zero attached hydrogens (tertiary/aromatic N) is 1. The molecule has 1 aliphatic carbocycles. The summed E-state index contributed by atoms with van der Waals surface area (Å²) in [5, 5.41) is 6.66. The molecule has 1 aromatic carbocycles. The first-order chi connectivity index (χ1) is 11.6. The first-order valence-corrected chi connectivity index (χ1v) is 9.12. The number of anilines is 1. The third-order valence-electron chi connectivity index (χ3n) is 4.79. The molecule has 3 rings (SSSR count). The molecule has 0 radical (unpaired) electrons. The standard InChI is InChI=1S/C18H24ClN3O2/c19-13-7-9-16(10-8-13)22-12-15(11-17(22)23)21-18(24)20-14-5-3-1-2-4-6-14/h7-10,14-15H,1-6,11-12H2,(H2,20,21,24)/t15-/m0/s1. The van der Waals surface area contributed by atoms with E-state index in [1.165, 1.54) is 25.7 Å². The van der Waals surface area contributed by atoms with E-state index in [1.807, 2.05) is 12.1 Å². The van der Waals surface area contributed by atoms with Crippen LogP contribution in [0.3, 0.4) is 0 Å². The van der Waals surface area contributed by atoms with Crippen LogP contribution in [0, 0.1) is 0 Å². The van der Waals surface area contributed by atoms with Crippen LogP contribution in [-0.2, 0) is 4.79 Å². The first kappa shape index (κ1) is 17.1. The number of hydrogen-bond acceptors (Lipinski definition) is 2. The molecule has 1 aromatic rings. The van der Waals surface area contributed by atoms with E-state index < -0.39 is 0 Å². The molecule has 5 nitrogen and oxygen atoms in total. The number of benzene rings is 1. The molecule has 0 aromatic heterocycles. The van der Waals surface area contributed by atoms with Gasteiger partial charge in [-0.25, -0.2) is 4.79 Å². The average Bonchev–Trinajstić information content (AvgIpc) is 2.74. The van der Waals surface area contributed by atoms with Crippen molar-refractivity contribution >= 4 is 29.2 Å². The summed E-state index contributed by atoms with van der Waals surface area (Å²) in [5.74, 6) is 0.0251. The van der Waals surface area contributed by atoms with Crippen LogP contribution in [0.25, 0.3) is 0 Å². The molecule has 2 N–H and O–H groups in total. The maximum Gasteiger partial charge on any atom is 0.315 e. The molecule has 0 spiro atoms. The lowest BCUT2D eigenvalue weighted by molar-refractivity contribution is -0.117. The summed E-state index contributed by atoms with van der Waals surface area (Å²) in [4.78, 5) is 26.1. The number of carbonyl (C=O) groups is 2. The largest absolute Gasteiger partial charge is 0.335 e. The van der Waals surface area contributed by atoms with E-state index in [2.05, 4.69) is 10.6 Å². The Morgan fingerprint density at radius 2 is 1.62 bits per heavy atom. The summed E-state index contributed by atoms with van der Waals surface area (Å²) in [6.45, 7) is 0.499. The number of hydrogen-bond donors (Lipinski definition) is 2. The highest BCUT2D eigenvalue weighted by molar-refractivity contribution is 6.30. The second-order valence-electron chi connectivity index (χ2n) is 6.69. The summed E-state index contributed by atoms with van der Waals surface area (Å²) >= 11 is 5.89. The van der Waals surface area contributed by atoms with Gasteiger partial charge < -0.3 is 15.5 Å². The molecule has 2 aliphatic rings. The molecule has 130 valence electrons. The summed E-state index contributed by atoms with van der Waals surface area (Å²) in [6.07, 6.45) is 7.30. The van der Waals surface area contributed by atoms with E-state index in [0.29, 0.717) is 18.0 Å². The number of halogens is 1. The Labute approximate surface area is 147 Å². The second-order valence-corrected chi connectivity index (χ2v) is 7.12. The smallest absolute Gasteiger partial charge is 0.315 e. The summed E-state index contributed by atoms with van der Waals surface area (Å²) in [6, 6.07) is 7.14. The maximum atomic E-state index is 12.2. The van der Waals surface area contributed by atoms with Gasteiger partial charge in [0, 0.05) is 29.7 Å². The van der Waals surface area contributed by atoms with Crippen LogP contribution in [0.2, 0.25) is 5.02 Å². The predicted octanol–water partition coefficient (Wildman–Crippen LogP) is 3.47.